The van der Waals surface area contributed by atoms with Crippen molar-refractivity contribution in [1.29, 1.82) is 0 Å². The van der Waals surface area contributed by atoms with Gasteiger partial charge in [-0.1, -0.05) is 24.7 Å². The molecule has 0 fully saturated rings. The first kappa shape index (κ1) is 23.9. The summed E-state index contributed by atoms with van der Waals surface area (Å²) in [7, 11) is -3.77. The highest BCUT2D eigenvalue weighted by Gasteiger charge is 2.13. The molecule has 3 heterocycles. The zero-order valence-corrected chi connectivity index (χ0v) is 20.9. The molecule has 0 radical (unpaired) electrons. The molecule has 0 saturated carbocycles. The van der Waals surface area contributed by atoms with E-state index in [0.717, 1.165) is 24.2 Å². The number of primary sulfonamides is 1. The maximum Gasteiger partial charge on any atom is 0.291 e. The number of fused-ring (bicyclic) bond motifs is 1. The molecule has 5 rings (SSSR count). The Morgan fingerprint density at radius 3 is 2.44 bits per heavy atom. The molecule has 11 heteroatoms. The van der Waals surface area contributed by atoms with E-state index in [-0.39, 0.29) is 10.5 Å². The molecule has 0 bridgehead atoms. The number of furan rings is 1. The second-order valence-electron chi connectivity index (χ2n) is 8.04. The van der Waals surface area contributed by atoms with Gasteiger partial charge in [-0.15, -0.1) is 5.10 Å². The molecule has 2 aromatic carbocycles. The first-order chi connectivity index (χ1) is 17.3. The van der Waals surface area contributed by atoms with Crippen LogP contribution in [0, 0.1) is 0 Å². The van der Waals surface area contributed by atoms with Gasteiger partial charge >= 0.3 is 0 Å². The van der Waals surface area contributed by atoms with Gasteiger partial charge < -0.3 is 9.15 Å². The van der Waals surface area contributed by atoms with Gasteiger partial charge in [0.15, 0.2) is 5.82 Å². The van der Waals surface area contributed by atoms with Gasteiger partial charge in [0.1, 0.15) is 21.8 Å². The van der Waals surface area contributed by atoms with E-state index in [0.29, 0.717) is 39.0 Å². The lowest BCUT2D eigenvalue weighted by atomic mass is 10.2. The standard InChI is InChI=1S/C25H22N4O5S2/c1-2-3-14-33-18-8-4-17(5-9-18)23-27-25-29(28-23)24(30)22(35-25)15-19-10-13-21(34-19)16-6-11-20(12-7-16)36(26,31)32/h4-13,15H,2-3,14H2,1H3,(H2,26,31,32). The Hall–Kier alpha value is -3.80. The molecule has 0 unspecified atom stereocenters. The van der Waals surface area contributed by atoms with E-state index < -0.39 is 10.0 Å². The molecule has 0 spiro atoms. The lowest BCUT2D eigenvalue weighted by Gasteiger charge is -2.05. The van der Waals surface area contributed by atoms with E-state index in [1.807, 2.05) is 24.3 Å². The summed E-state index contributed by atoms with van der Waals surface area (Å²) >= 11 is 1.22. The van der Waals surface area contributed by atoms with Crippen molar-refractivity contribution >= 4 is 32.4 Å². The predicted molar refractivity (Wildman–Crippen MR) is 137 cm³/mol. The first-order valence-electron chi connectivity index (χ1n) is 11.2. The number of rotatable bonds is 8. The van der Waals surface area contributed by atoms with Crippen LogP contribution in [-0.4, -0.2) is 29.6 Å². The van der Waals surface area contributed by atoms with Crippen LogP contribution in [0.25, 0.3) is 33.7 Å². The number of hydrogen-bond donors (Lipinski definition) is 1. The van der Waals surface area contributed by atoms with E-state index in [1.165, 1.54) is 28.0 Å². The van der Waals surface area contributed by atoms with Crippen molar-refractivity contribution < 1.29 is 17.6 Å². The number of nitrogens with zero attached hydrogens (tertiary/aromatic N) is 3. The minimum absolute atomic E-state index is 0.0191. The second kappa shape index (κ2) is 9.69. The van der Waals surface area contributed by atoms with E-state index in [2.05, 4.69) is 17.0 Å². The molecule has 0 saturated heterocycles. The van der Waals surface area contributed by atoms with Crippen LogP contribution < -0.4 is 20.0 Å². The highest BCUT2D eigenvalue weighted by Crippen LogP contribution is 2.24. The van der Waals surface area contributed by atoms with Crippen molar-refractivity contribution in [1.82, 2.24) is 14.6 Å². The molecular weight excluding hydrogens is 500 g/mol. The summed E-state index contributed by atoms with van der Waals surface area (Å²) in [6, 6.07) is 17.0. The van der Waals surface area contributed by atoms with Gasteiger partial charge in [-0.2, -0.15) is 9.50 Å². The molecule has 2 N–H and O–H groups in total. The molecule has 3 aromatic heterocycles. The average Bonchev–Trinajstić information content (AvgIpc) is 3.57. The van der Waals surface area contributed by atoms with Crippen molar-refractivity contribution in [3.05, 3.63) is 81.3 Å². The number of hydrogen-bond acceptors (Lipinski definition) is 8. The number of benzene rings is 2. The van der Waals surface area contributed by atoms with Gasteiger partial charge in [0.05, 0.1) is 11.5 Å². The van der Waals surface area contributed by atoms with Crippen LogP contribution in [-0.2, 0) is 10.0 Å². The van der Waals surface area contributed by atoms with E-state index in [9.17, 15) is 13.2 Å². The van der Waals surface area contributed by atoms with Gasteiger partial charge in [-0.3, -0.25) is 4.79 Å². The van der Waals surface area contributed by atoms with E-state index in [4.69, 9.17) is 14.3 Å². The summed E-state index contributed by atoms with van der Waals surface area (Å²) < 4.78 is 36.1. The number of unbranched alkanes of at least 4 members (excludes halogenated alkanes) is 1. The Kier molecular flexibility index (Phi) is 6.44. The molecule has 0 atom stereocenters. The van der Waals surface area contributed by atoms with E-state index in [1.54, 1.807) is 30.3 Å². The van der Waals surface area contributed by atoms with Crippen LogP contribution in [0.2, 0.25) is 0 Å². The summed E-state index contributed by atoms with van der Waals surface area (Å²) in [6.45, 7) is 2.79. The maximum absolute atomic E-state index is 12.9. The van der Waals surface area contributed by atoms with Gasteiger partial charge in [0.2, 0.25) is 15.0 Å². The molecule has 0 aliphatic heterocycles. The molecule has 9 nitrogen and oxygen atoms in total. The van der Waals surface area contributed by atoms with Crippen molar-refractivity contribution in [3.8, 4) is 28.5 Å². The first-order valence-corrected chi connectivity index (χ1v) is 13.6. The summed E-state index contributed by atoms with van der Waals surface area (Å²) in [4.78, 5) is 17.9. The third-order valence-corrected chi connectivity index (χ3v) is 7.32. The smallest absolute Gasteiger partial charge is 0.291 e. The normalized spacial score (nSPS) is 12.4. The van der Waals surface area contributed by atoms with Crippen molar-refractivity contribution in [2.75, 3.05) is 6.61 Å². The number of sulfonamides is 1. The quantitative estimate of drug-likeness (QED) is 0.309. The Balaban J connectivity index is 1.37. The number of aromatic nitrogens is 3. The van der Waals surface area contributed by atoms with Gasteiger partial charge in [0, 0.05) is 17.2 Å². The van der Waals surface area contributed by atoms with Gasteiger partial charge in [-0.25, -0.2) is 13.6 Å². The highest BCUT2D eigenvalue weighted by molar-refractivity contribution is 7.89. The van der Waals surface area contributed by atoms with Crippen LogP contribution in [0.15, 0.2) is 74.8 Å². The van der Waals surface area contributed by atoms with Crippen LogP contribution in [0.4, 0.5) is 0 Å². The van der Waals surface area contributed by atoms with Crippen molar-refractivity contribution in [2.45, 2.75) is 24.7 Å². The van der Waals surface area contributed by atoms with Crippen LogP contribution in [0.3, 0.4) is 0 Å². The Morgan fingerprint density at radius 2 is 1.78 bits per heavy atom. The van der Waals surface area contributed by atoms with Crippen LogP contribution in [0.1, 0.15) is 25.5 Å². The SMILES string of the molecule is CCCCOc1ccc(-c2nc3sc(=Cc4ccc(-c5ccc(S(N)(=O)=O)cc5)o4)c(=O)n3n2)cc1. The number of thiazole rings is 1. The summed E-state index contributed by atoms with van der Waals surface area (Å²) in [5.74, 6) is 2.25. The molecular formula is C25H22N4O5S2. The fourth-order valence-electron chi connectivity index (χ4n) is 3.51. The third kappa shape index (κ3) is 4.94. The molecule has 5 aromatic rings. The summed E-state index contributed by atoms with van der Waals surface area (Å²) in [5.41, 5.74) is 1.19. The molecule has 184 valence electrons. The fraction of sp³-hybridized carbons (Fsp3) is 0.160. The Bertz CT molecular complexity index is 1730. The second-order valence-corrected chi connectivity index (χ2v) is 10.6. The lowest BCUT2D eigenvalue weighted by Crippen LogP contribution is -2.23. The number of nitrogens with two attached hydrogens (primary N) is 1. The highest BCUT2D eigenvalue weighted by atomic mass is 32.2. The monoisotopic (exact) mass is 522 g/mol. The summed E-state index contributed by atoms with van der Waals surface area (Å²) in [6.07, 6.45) is 3.70. The largest absolute Gasteiger partial charge is 0.494 e. The predicted octanol–water partition coefficient (Wildman–Crippen LogP) is 3.45. The summed E-state index contributed by atoms with van der Waals surface area (Å²) in [5, 5.41) is 9.52. The van der Waals surface area contributed by atoms with Crippen molar-refractivity contribution in [3.63, 3.8) is 0 Å². The van der Waals surface area contributed by atoms with Crippen molar-refractivity contribution in [2.24, 2.45) is 5.14 Å². The minimum atomic E-state index is -3.77. The molecule has 36 heavy (non-hydrogen) atoms. The van der Waals surface area contributed by atoms with Gasteiger partial charge in [0.25, 0.3) is 5.56 Å². The Labute approximate surface area is 210 Å². The zero-order chi connectivity index (χ0) is 25.3. The zero-order valence-electron chi connectivity index (χ0n) is 19.2. The van der Waals surface area contributed by atoms with Gasteiger partial charge in [-0.05, 0) is 67.1 Å². The number of ether oxygens (including phenoxy) is 1. The maximum atomic E-state index is 12.9. The molecule has 0 aliphatic carbocycles. The Morgan fingerprint density at radius 1 is 1.06 bits per heavy atom. The molecule has 0 amide bonds. The molecule has 0 aliphatic rings. The third-order valence-electron chi connectivity index (χ3n) is 5.43. The van der Waals surface area contributed by atoms with Crippen LogP contribution in [0.5, 0.6) is 5.75 Å². The van der Waals surface area contributed by atoms with E-state index >= 15 is 0 Å². The minimum Gasteiger partial charge on any atom is -0.494 e. The average molecular weight is 523 g/mol. The topological polar surface area (TPSA) is 130 Å². The fourth-order valence-corrected chi connectivity index (χ4v) is 4.92. The lowest BCUT2D eigenvalue weighted by molar-refractivity contribution is 0.309. The van der Waals surface area contributed by atoms with Crippen LogP contribution >= 0.6 is 11.3 Å².